The van der Waals surface area contributed by atoms with E-state index in [0.29, 0.717) is 18.4 Å². The van der Waals surface area contributed by atoms with E-state index in [9.17, 15) is 12.8 Å². The SMILES string of the molecule is CCCC1Cc2ccc(CNS(=O)(=O)C3CCC3)cc2C1Cc1cccc(F)c1. The molecular weight excluding hydrogens is 385 g/mol. The molecule has 1 saturated carbocycles. The summed E-state index contributed by atoms with van der Waals surface area (Å²) in [6.45, 7) is 2.56. The average molecular weight is 416 g/mol. The van der Waals surface area contributed by atoms with Crippen LogP contribution in [0.5, 0.6) is 0 Å². The first-order valence-corrected chi connectivity index (χ1v) is 12.4. The van der Waals surface area contributed by atoms with Crippen molar-refractivity contribution in [1.82, 2.24) is 4.72 Å². The zero-order chi connectivity index (χ0) is 20.4. The van der Waals surface area contributed by atoms with Crippen LogP contribution in [0, 0.1) is 11.7 Å². The van der Waals surface area contributed by atoms with Gasteiger partial charge in [0, 0.05) is 6.54 Å². The first kappa shape index (κ1) is 20.5. The summed E-state index contributed by atoms with van der Waals surface area (Å²) in [5.74, 6) is 0.724. The third-order valence-electron chi connectivity index (χ3n) is 6.63. The molecule has 2 unspecified atom stereocenters. The molecule has 0 radical (unpaired) electrons. The Balaban J connectivity index is 1.54. The Bertz CT molecular complexity index is 969. The van der Waals surface area contributed by atoms with Crippen LogP contribution < -0.4 is 4.72 Å². The molecule has 1 fully saturated rings. The van der Waals surface area contributed by atoms with Crippen molar-refractivity contribution < 1.29 is 12.8 Å². The van der Waals surface area contributed by atoms with Crippen molar-refractivity contribution >= 4 is 10.0 Å². The van der Waals surface area contributed by atoms with Crippen LogP contribution in [0.15, 0.2) is 42.5 Å². The molecule has 5 heteroatoms. The number of sulfonamides is 1. The van der Waals surface area contributed by atoms with Gasteiger partial charge in [0.1, 0.15) is 5.82 Å². The Kier molecular flexibility index (Phi) is 6.07. The average Bonchev–Trinajstić information content (AvgIpc) is 2.95. The van der Waals surface area contributed by atoms with Gasteiger partial charge in [-0.2, -0.15) is 0 Å². The maximum atomic E-state index is 13.7. The zero-order valence-corrected chi connectivity index (χ0v) is 17.8. The normalized spacial score (nSPS) is 21.7. The second-order valence-corrected chi connectivity index (χ2v) is 10.7. The highest BCUT2D eigenvalue weighted by Gasteiger charge is 2.33. The first-order valence-electron chi connectivity index (χ1n) is 10.8. The lowest BCUT2D eigenvalue weighted by Gasteiger charge is -2.25. The summed E-state index contributed by atoms with van der Waals surface area (Å²) in [5, 5.41) is -0.216. The van der Waals surface area contributed by atoms with Crippen molar-refractivity contribution in [1.29, 1.82) is 0 Å². The van der Waals surface area contributed by atoms with Gasteiger partial charge in [0.25, 0.3) is 0 Å². The highest BCUT2D eigenvalue weighted by Crippen LogP contribution is 2.43. The minimum absolute atomic E-state index is 0.188. The van der Waals surface area contributed by atoms with Crippen LogP contribution >= 0.6 is 0 Å². The third kappa shape index (κ3) is 4.56. The van der Waals surface area contributed by atoms with Gasteiger partial charge in [0.15, 0.2) is 0 Å². The van der Waals surface area contributed by atoms with Crippen molar-refractivity contribution in [2.24, 2.45) is 5.92 Å². The molecule has 1 N–H and O–H groups in total. The molecule has 156 valence electrons. The van der Waals surface area contributed by atoms with E-state index in [1.807, 2.05) is 6.07 Å². The number of rotatable bonds is 8. The number of fused-ring (bicyclic) bond motifs is 1. The number of halogens is 1. The largest absolute Gasteiger partial charge is 0.214 e. The van der Waals surface area contributed by atoms with E-state index in [0.717, 1.165) is 56.1 Å². The van der Waals surface area contributed by atoms with E-state index in [4.69, 9.17) is 0 Å². The monoisotopic (exact) mass is 415 g/mol. The molecule has 29 heavy (non-hydrogen) atoms. The van der Waals surface area contributed by atoms with Gasteiger partial charge in [-0.1, -0.05) is 50.1 Å². The molecular formula is C24H30FNO2S. The van der Waals surface area contributed by atoms with Crippen LogP contribution in [0.2, 0.25) is 0 Å². The van der Waals surface area contributed by atoms with Crippen LogP contribution in [0.4, 0.5) is 4.39 Å². The lowest BCUT2D eigenvalue weighted by molar-refractivity contribution is 0.418. The van der Waals surface area contributed by atoms with Gasteiger partial charge in [0.2, 0.25) is 10.0 Å². The predicted octanol–water partition coefficient (Wildman–Crippen LogP) is 5.10. The lowest BCUT2D eigenvalue weighted by Crippen LogP contribution is -2.38. The molecule has 0 bridgehead atoms. The van der Waals surface area contributed by atoms with Crippen molar-refractivity contribution in [3.63, 3.8) is 0 Å². The van der Waals surface area contributed by atoms with Gasteiger partial charge in [-0.3, -0.25) is 0 Å². The van der Waals surface area contributed by atoms with Gasteiger partial charge in [-0.05, 0) is 78.3 Å². The molecule has 2 aromatic carbocycles. The molecule has 2 aliphatic rings. The molecule has 0 spiro atoms. The topological polar surface area (TPSA) is 46.2 Å². The maximum Gasteiger partial charge on any atom is 0.214 e. The Morgan fingerprint density at radius 1 is 1.10 bits per heavy atom. The van der Waals surface area contributed by atoms with Gasteiger partial charge in [-0.15, -0.1) is 0 Å². The summed E-state index contributed by atoms with van der Waals surface area (Å²) in [5.41, 5.74) is 4.71. The van der Waals surface area contributed by atoms with E-state index in [1.54, 1.807) is 12.1 Å². The van der Waals surface area contributed by atoms with Gasteiger partial charge >= 0.3 is 0 Å². The van der Waals surface area contributed by atoms with Crippen LogP contribution in [0.3, 0.4) is 0 Å². The number of hydrogen-bond acceptors (Lipinski definition) is 2. The summed E-state index contributed by atoms with van der Waals surface area (Å²) in [4.78, 5) is 0. The van der Waals surface area contributed by atoms with Gasteiger partial charge in [0.05, 0.1) is 5.25 Å². The summed E-state index contributed by atoms with van der Waals surface area (Å²) in [6, 6.07) is 13.3. The molecule has 0 aliphatic heterocycles. The van der Waals surface area contributed by atoms with Crippen LogP contribution in [0.1, 0.15) is 67.2 Å². The summed E-state index contributed by atoms with van der Waals surface area (Å²) >= 11 is 0. The van der Waals surface area contributed by atoms with Crippen LogP contribution in [-0.4, -0.2) is 13.7 Å². The third-order valence-corrected chi connectivity index (χ3v) is 8.53. The van der Waals surface area contributed by atoms with E-state index < -0.39 is 10.0 Å². The summed E-state index contributed by atoms with van der Waals surface area (Å²) in [7, 11) is -3.21. The van der Waals surface area contributed by atoms with Crippen molar-refractivity contribution in [3.8, 4) is 0 Å². The van der Waals surface area contributed by atoms with Crippen molar-refractivity contribution in [3.05, 3.63) is 70.5 Å². The Labute approximate surface area is 173 Å². The molecule has 2 aromatic rings. The van der Waals surface area contributed by atoms with E-state index >= 15 is 0 Å². The highest BCUT2D eigenvalue weighted by molar-refractivity contribution is 7.90. The number of nitrogens with one attached hydrogen (secondary N) is 1. The summed E-state index contributed by atoms with van der Waals surface area (Å²) in [6.07, 6.45) is 6.71. The highest BCUT2D eigenvalue weighted by atomic mass is 32.2. The molecule has 0 aromatic heterocycles. The fourth-order valence-corrected chi connectivity index (χ4v) is 6.37. The molecule has 3 nitrogen and oxygen atoms in total. The molecule has 0 amide bonds. The van der Waals surface area contributed by atoms with Crippen molar-refractivity contribution in [2.45, 2.75) is 69.6 Å². The Hall–Kier alpha value is -1.72. The Morgan fingerprint density at radius 2 is 1.93 bits per heavy atom. The standard InChI is InChI=1S/C24H30FNO2S/c1-2-5-19-15-20-11-10-18(16-26-29(27,28)22-8-4-9-22)14-24(20)23(19)13-17-6-3-7-21(25)12-17/h3,6-7,10-12,14,19,22-23,26H,2,4-5,8-9,13,15-16H2,1H3. The van der Waals surface area contributed by atoms with E-state index in [-0.39, 0.29) is 11.1 Å². The predicted molar refractivity (Wildman–Crippen MR) is 115 cm³/mol. The van der Waals surface area contributed by atoms with E-state index in [2.05, 4.69) is 29.8 Å². The van der Waals surface area contributed by atoms with Gasteiger partial charge in [-0.25, -0.2) is 17.5 Å². The minimum Gasteiger partial charge on any atom is -0.212 e. The number of benzene rings is 2. The van der Waals surface area contributed by atoms with Crippen molar-refractivity contribution in [2.75, 3.05) is 0 Å². The smallest absolute Gasteiger partial charge is 0.212 e. The second kappa shape index (κ2) is 8.57. The minimum atomic E-state index is -3.21. The number of hydrogen-bond donors (Lipinski definition) is 1. The second-order valence-electron chi connectivity index (χ2n) is 8.65. The maximum absolute atomic E-state index is 13.7. The fraction of sp³-hybridized carbons (Fsp3) is 0.500. The van der Waals surface area contributed by atoms with Crippen LogP contribution in [0.25, 0.3) is 0 Å². The Morgan fingerprint density at radius 3 is 2.62 bits per heavy atom. The summed E-state index contributed by atoms with van der Waals surface area (Å²) < 4.78 is 41.2. The zero-order valence-electron chi connectivity index (χ0n) is 17.0. The van der Waals surface area contributed by atoms with Crippen LogP contribution in [-0.2, 0) is 29.4 Å². The molecule has 4 rings (SSSR count). The molecule has 2 aliphatic carbocycles. The quantitative estimate of drug-likeness (QED) is 0.652. The van der Waals surface area contributed by atoms with Gasteiger partial charge < -0.3 is 0 Å². The lowest BCUT2D eigenvalue weighted by atomic mass is 9.84. The van der Waals surface area contributed by atoms with E-state index in [1.165, 1.54) is 17.2 Å². The molecule has 0 heterocycles. The first-order chi connectivity index (χ1) is 14.0. The molecule has 0 saturated heterocycles. The fourth-order valence-electron chi connectivity index (χ4n) is 4.82. The molecule has 2 atom stereocenters.